The Kier molecular flexibility index (Phi) is 5.46. The topological polar surface area (TPSA) is 132 Å². The number of alkyl carbamates (subject to hydrolysis) is 1. The SMILES string of the molecule is C[S+]([O-])Cc1cc2c(Nc3cc([C@H]4CC[C@@H](OC(=O)NC5(C)CC5)C4)[nH]n3)nccn2n1. The lowest BCUT2D eigenvalue weighted by molar-refractivity contribution is 0.0967. The maximum Gasteiger partial charge on any atom is 0.407 e. The van der Waals surface area contributed by atoms with Gasteiger partial charge in [0.25, 0.3) is 0 Å². The van der Waals surface area contributed by atoms with E-state index in [1.165, 1.54) is 0 Å². The van der Waals surface area contributed by atoms with E-state index in [-0.39, 0.29) is 23.7 Å². The summed E-state index contributed by atoms with van der Waals surface area (Å²) in [5.74, 6) is 1.95. The van der Waals surface area contributed by atoms with Gasteiger partial charge in [-0.25, -0.2) is 14.3 Å². The summed E-state index contributed by atoms with van der Waals surface area (Å²) in [6, 6.07) is 3.86. The number of amides is 1. The first kappa shape index (κ1) is 21.1. The number of carbonyl (C=O) groups is 1. The summed E-state index contributed by atoms with van der Waals surface area (Å²) in [5, 5.41) is 18.1. The average molecular weight is 458 g/mol. The van der Waals surface area contributed by atoms with Gasteiger partial charge in [-0.3, -0.25) is 5.10 Å². The van der Waals surface area contributed by atoms with Crippen LogP contribution in [0, 0.1) is 0 Å². The minimum atomic E-state index is -0.964. The van der Waals surface area contributed by atoms with Gasteiger partial charge in [0.15, 0.2) is 11.6 Å². The Morgan fingerprint density at radius 1 is 1.41 bits per heavy atom. The molecule has 0 bridgehead atoms. The van der Waals surface area contributed by atoms with Crippen LogP contribution >= 0.6 is 0 Å². The molecule has 2 fully saturated rings. The first-order valence-corrected chi connectivity index (χ1v) is 12.5. The molecule has 0 saturated heterocycles. The number of nitrogens with one attached hydrogen (secondary N) is 3. The van der Waals surface area contributed by atoms with Gasteiger partial charge in [0.2, 0.25) is 0 Å². The third-order valence-corrected chi connectivity index (χ3v) is 6.84. The Bertz CT molecular complexity index is 1120. The summed E-state index contributed by atoms with van der Waals surface area (Å²) >= 11 is -0.964. The second-order valence-electron chi connectivity index (χ2n) is 9.02. The van der Waals surface area contributed by atoms with Crippen LogP contribution in [0.25, 0.3) is 5.52 Å². The van der Waals surface area contributed by atoms with Crippen molar-refractivity contribution in [3.8, 4) is 0 Å². The molecule has 2 aliphatic carbocycles. The normalized spacial score (nSPS) is 22.6. The van der Waals surface area contributed by atoms with Gasteiger partial charge in [-0.15, -0.1) is 0 Å². The lowest BCUT2D eigenvalue weighted by Crippen LogP contribution is -2.36. The Hall–Kier alpha value is -2.79. The average Bonchev–Trinajstić information content (AvgIpc) is 3.14. The van der Waals surface area contributed by atoms with Crippen LogP contribution in [0.3, 0.4) is 0 Å². The molecule has 3 atom stereocenters. The molecular weight excluding hydrogens is 430 g/mol. The predicted octanol–water partition coefficient (Wildman–Crippen LogP) is 2.99. The van der Waals surface area contributed by atoms with Crippen molar-refractivity contribution in [3.05, 3.63) is 35.9 Å². The van der Waals surface area contributed by atoms with Crippen LogP contribution in [0.4, 0.5) is 16.4 Å². The number of rotatable bonds is 7. The molecule has 3 aromatic heterocycles. The molecule has 11 heteroatoms. The predicted molar refractivity (Wildman–Crippen MR) is 120 cm³/mol. The number of ether oxygens (including phenoxy) is 1. The van der Waals surface area contributed by atoms with Crippen LogP contribution in [0.15, 0.2) is 24.5 Å². The maximum atomic E-state index is 12.1. The number of aromatic nitrogens is 5. The van der Waals surface area contributed by atoms with Crippen LogP contribution in [0.1, 0.15) is 56.3 Å². The summed E-state index contributed by atoms with van der Waals surface area (Å²) in [6.07, 6.45) is 9.28. The molecule has 2 saturated carbocycles. The van der Waals surface area contributed by atoms with E-state index in [4.69, 9.17) is 4.74 Å². The molecule has 1 amide bonds. The molecule has 2 aliphatic rings. The highest BCUT2D eigenvalue weighted by Crippen LogP contribution is 2.37. The number of hydrogen-bond donors (Lipinski definition) is 3. The van der Waals surface area contributed by atoms with Crippen molar-refractivity contribution in [2.45, 2.75) is 62.3 Å². The monoisotopic (exact) mass is 457 g/mol. The summed E-state index contributed by atoms with van der Waals surface area (Å²) in [5.41, 5.74) is 2.49. The second-order valence-corrected chi connectivity index (χ2v) is 10.5. The smallest absolute Gasteiger partial charge is 0.407 e. The maximum absolute atomic E-state index is 12.1. The van der Waals surface area contributed by atoms with Gasteiger partial charge in [0, 0.05) is 35.6 Å². The van der Waals surface area contributed by atoms with Crippen molar-refractivity contribution in [2.24, 2.45) is 0 Å². The van der Waals surface area contributed by atoms with Crippen molar-refractivity contribution < 1.29 is 14.1 Å². The minimum absolute atomic E-state index is 0.0696. The van der Waals surface area contributed by atoms with Crippen LogP contribution in [0.2, 0.25) is 0 Å². The number of nitrogens with zero attached hydrogens (tertiary/aromatic N) is 4. The summed E-state index contributed by atoms with van der Waals surface area (Å²) in [6.45, 7) is 2.04. The van der Waals surface area contributed by atoms with Gasteiger partial charge in [-0.05, 0) is 45.1 Å². The zero-order valence-corrected chi connectivity index (χ0v) is 18.9. The Balaban J connectivity index is 1.22. The van der Waals surface area contributed by atoms with Gasteiger partial charge in [-0.2, -0.15) is 10.2 Å². The highest BCUT2D eigenvalue weighted by atomic mass is 32.2. The fraction of sp³-hybridized carbons (Fsp3) is 0.524. The third kappa shape index (κ3) is 4.68. The molecule has 3 aromatic rings. The van der Waals surface area contributed by atoms with Crippen LogP contribution in [0.5, 0.6) is 0 Å². The molecule has 0 aromatic carbocycles. The zero-order valence-electron chi connectivity index (χ0n) is 18.1. The van der Waals surface area contributed by atoms with Crippen LogP contribution in [-0.2, 0) is 21.7 Å². The van der Waals surface area contributed by atoms with Crippen molar-refractivity contribution >= 4 is 34.4 Å². The fourth-order valence-corrected chi connectivity index (χ4v) is 4.71. The summed E-state index contributed by atoms with van der Waals surface area (Å²) in [7, 11) is 0. The van der Waals surface area contributed by atoms with Crippen molar-refractivity contribution in [1.29, 1.82) is 0 Å². The molecule has 5 rings (SSSR count). The van der Waals surface area contributed by atoms with E-state index in [1.54, 1.807) is 23.2 Å². The molecule has 1 unspecified atom stereocenters. The van der Waals surface area contributed by atoms with E-state index < -0.39 is 11.2 Å². The number of hydrogen-bond acceptors (Lipinski definition) is 7. The van der Waals surface area contributed by atoms with Gasteiger partial charge < -0.3 is 19.9 Å². The van der Waals surface area contributed by atoms with E-state index in [0.717, 1.165) is 49.0 Å². The fourth-order valence-electron chi connectivity index (χ4n) is 4.15. The lowest BCUT2D eigenvalue weighted by atomic mass is 10.0. The van der Waals surface area contributed by atoms with E-state index in [9.17, 15) is 9.35 Å². The molecular formula is C21H27N7O3S. The van der Waals surface area contributed by atoms with Crippen molar-refractivity contribution in [1.82, 2.24) is 30.1 Å². The van der Waals surface area contributed by atoms with Crippen molar-refractivity contribution in [2.75, 3.05) is 11.6 Å². The highest BCUT2D eigenvalue weighted by Gasteiger charge is 2.40. The van der Waals surface area contributed by atoms with Crippen LogP contribution in [-0.4, -0.2) is 53.3 Å². The number of anilines is 2. The molecule has 0 radical (unpaired) electrons. The molecule has 3 heterocycles. The van der Waals surface area contributed by atoms with Gasteiger partial charge in [0.1, 0.15) is 23.1 Å². The second kappa shape index (κ2) is 8.28. The van der Waals surface area contributed by atoms with E-state index in [1.807, 2.05) is 19.1 Å². The third-order valence-electron chi connectivity index (χ3n) is 6.14. The molecule has 3 N–H and O–H groups in total. The standard InChI is InChI=1S/C21H27N7O3S/c1-21(5-6-21)24-20(29)31-15-4-3-13(9-15)16-11-18(26-25-16)23-19-17-10-14(12-32(2)30)27-28(17)8-7-22-19/h7-8,10-11,13,15H,3-6,9,12H2,1-2H3,(H,24,29)(H2,22,23,25,26)/t13-,15+,32?/m0/s1. The van der Waals surface area contributed by atoms with E-state index in [2.05, 4.69) is 30.9 Å². The number of carbonyl (C=O) groups excluding carboxylic acids is 1. The molecule has 0 spiro atoms. The first-order valence-electron chi connectivity index (χ1n) is 10.8. The largest absolute Gasteiger partial charge is 0.616 e. The van der Waals surface area contributed by atoms with Gasteiger partial charge in [-0.1, -0.05) is 11.2 Å². The Morgan fingerprint density at radius 3 is 3.03 bits per heavy atom. The van der Waals surface area contributed by atoms with Gasteiger partial charge in [0.05, 0.1) is 6.26 Å². The molecule has 0 aliphatic heterocycles. The van der Waals surface area contributed by atoms with E-state index >= 15 is 0 Å². The van der Waals surface area contributed by atoms with Gasteiger partial charge >= 0.3 is 6.09 Å². The zero-order chi connectivity index (χ0) is 22.3. The quantitative estimate of drug-likeness (QED) is 0.465. The number of aromatic amines is 1. The summed E-state index contributed by atoms with van der Waals surface area (Å²) in [4.78, 5) is 16.5. The first-order chi connectivity index (χ1) is 15.4. The lowest BCUT2D eigenvalue weighted by Gasteiger charge is -2.16. The Morgan fingerprint density at radius 2 is 2.25 bits per heavy atom. The number of H-pyrrole nitrogens is 1. The number of fused-ring (bicyclic) bond motifs is 1. The minimum Gasteiger partial charge on any atom is -0.616 e. The molecule has 10 nitrogen and oxygen atoms in total. The van der Waals surface area contributed by atoms with E-state index in [0.29, 0.717) is 17.4 Å². The molecule has 170 valence electrons. The highest BCUT2D eigenvalue weighted by molar-refractivity contribution is 7.89. The Labute approximate surface area is 188 Å². The summed E-state index contributed by atoms with van der Waals surface area (Å²) < 4.78 is 18.9. The van der Waals surface area contributed by atoms with Crippen LogP contribution < -0.4 is 10.6 Å². The van der Waals surface area contributed by atoms with Crippen molar-refractivity contribution in [3.63, 3.8) is 0 Å². The molecule has 32 heavy (non-hydrogen) atoms.